The molecule has 184 valence electrons. The Morgan fingerprint density at radius 3 is 2.72 bits per heavy atom. The molecule has 3 N–H and O–H groups in total. The monoisotopic (exact) mass is 484 g/mol. The molecule has 0 radical (unpaired) electrons. The minimum atomic E-state index is -0.379. The van der Waals surface area contributed by atoms with Crippen molar-refractivity contribution in [2.75, 3.05) is 13.9 Å². The highest BCUT2D eigenvalue weighted by atomic mass is 16.7. The van der Waals surface area contributed by atoms with Gasteiger partial charge in [0, 0.05) is 40.6 Å². The van der Waals surface area contributed by atoms with Crippen LogP contribution in [0, 0.1) is 0 Å². The van der Waals surface area contributed by atoms with Gasteiger partial charge in [-0.3, -0.25) is 4.79 Å². The molecule has 0 saturated carbocycles. The number of aromatic hydroxyl groups is 1. The van der Waals surface area contributed by atoms with Crippen LogP contribution in [0.3, 0.4) is 0 Å². The molecule has 0 bridgehead atoms. The fourth-order valence-electron chi connectivity index (χ4n) is 5.47. The first kappa shape index (κ1) is 22.3. The fraction of sp³-hybridized carbons (Fsp3) is 0.276. The topological polar surface area (TPSA) is 92.8 Å². The highest BCUT2D eigenvalue weighted by molar-refractivity contribution is 5.86. The molecule has 0 spiro atoms. The number of aromatic nitrogens is 1. The molecular weight excluding hydrogens is 456 g/mol. The summed E-state index contributed by atoms with van der Waals surface area (Å²) in [5.41, 5.74) is 5.01. The minimum absolute atomic E-state index is 0.0726. The molecule has 2 unspecified atom stereocenters. The van der Waals surface area contributed by atoms with Gasteiger partial charge in [0.05, 0.1) is 13.2 Å². The predicted molar refractivity (Wildman–Crippen MR) is 136 cm³/mol. The lowest BCUT2D eigenvalue weighted by Gasteiger charge is -2.25. The number of phenols is 1. The first-order valence-corrected chi connectivity index (χ1v) is 12.3. The highest BCUT2D eigenvalue weighted by Crippen LogP contribution is 2.43. The molecule has 6 rings (SSSR count). The first-order valence-electron chi connectivity index (χ1n) is 12.3. The van der Waals surface area contributed by atoms with Crippen molar-refractivity contribution in [3.05, 3.63) is 83.0 Å². The smallest absolute Gasteiger partial charge is 0.231 e. The number of phenolic OH excluding ortho intramolecular Hbond substituents is 1. The third kappa shape index (κ3) is 4.00. The van der Waals surface area contributed by atoms with Crippen molar-refractivity contribution in [3.8, 4) is 23.0 Å². The zero-order valence-corrected chi connectivity index (χ0v) is 20.0. The van der Waals surface area contributed by atoms with Crippen LogP contribution in [0.1, 0.15) is 53.6 Å². The molecule has 2 aliphatic rings. The Hall–Kier alpha value is -4.13. The summed E-state index contributed by atoms with van der Waals surface area (Å²) < 4.78 is 16.3. The van der Waals surface area contributed by atoms with Gasteiger partial charge in [-0.2, -0.15) is 0 Å². The van der Waals surface area contributed by atoms with Gasteiger partial charge in [-0.15, -0.1) is 0 Å². The van der Waals surface area contributed by atoms with Crippen LogP contribution in [-0.4, -0.2) is 29.9 Å². The standard InChI is InChI=1S/C29H28N2O5/c1-34-18-11-9-17(10-12-18)21(22-13-26-27(15-25(22)32)36-16-35-26)14-28(33)30-24-8-4-6-20-19-5-2-3-7-23(19)31-29(20)24/h2-3,5,7,9-13,15,21,24,31-32H,4,6,8,14,16H2,1H3,(H,30,33). The molecule has 7 nitrogen and oxygen atoms in total. The third-order valence-corrected chi connectivity index (χ3v) is 7.25. The lowest BCUT2D eigenvalue weighted by atomic mass is 9.86. The summed E-state index contributed by atoms with van der Waals surface area (Å²) in [6.07, 6.45) is 3.08. The summed E-state index contributed by atoms with van der Waals surface area (Å²) in [7, 11) is 1.62. The number of nitrogens with one attached hydrogen (secondary N) is 2. The highest BCUT2D eigenvalue weighted by Gasteiger charge is 2.29. The molecule has 0 saturated heterocycles. The van der Waals surface area contributed by atoms with E-state index in [4.69, 9.17) is 14.2 Å². The number of aryl methyl sites for hydroxylation is 1. The Labute approximate surface area is 209 Å². The number of benzene rings is 3. The van der Waals surface area contributed by atoms with Crippen LogP contribution < -0.4 is 19.5 Å². The van der Waals surface area contributed by atoms with E-state index in [9.17, 15) is 9.90 Å². The summed E-state index contributed by atoms with van der Waals surface area (Å²) in [6, 6.07) is 19.1. The van der Waals surface area contributed by atoms with Crippen LogP contribution in [0.2, 0.25) is 0 Å². The van der Waals surface area contributed by atoms with E-state index in [1.165, 1.54) is 10.9 Å². The maximum atomic E-state index is 13.5. The zero-order chi connectivity index (χ0) is 24.6. The van der Waals surface area contributed by atoms with Crippen molar-refractivity contribution >= 4 is 16.8 Å². The molecule has 2 heterocycles. The Morgan fingerprint density at radius 1 is 1.14 bits per heavy atom. The summed E-state index contributed by atoms with van der Waals surface area (Å²) in [5.74, 6) is 1.41. The number of rotatable bonds is 6. The zero-order valence-electron chi connectivity index (χ0n) is 20.0. The largest absolute Gasteiger partial charge is 0.508 e. The number of carbonyl (C=O) groups is 1. The van der Waals surface area contributed by atoms with E-state index in [0.29, 0.717) is 17.1 Å². The SMILES string of the molecule is COc1ccc(C(CC(=O)NC2CCCc3c2[nH]c2ccccc32)c2cc3c(cc2O)OCO3)cc1. The van der Waals surface area contributed by atoms with Gasteiger partial charge in [0.25, 0.3) is 0 Å². The third-order valence-electron chi connectivity index (χ3n) is 7.25. The summed E-state index contributed by atoms with van der Waals surface area (Å²) in [6.45, 7) is 0.112. The summed E-state index contributed by atoms with van der Waals surface area (Å²) in [5, 5.41) is 15.4. The van der Waals surface area contributed by atoms with Crippen molar-refractivity contribution in [1.29, 1.82) is 0 Å². The van der Waals surface area contributed by atoms with Crippen LogP contribution in [0.4, 0.5) is 0 Å². The predicted octanol–water partition coefficient (Wildman–Crippen LogP) is 5.33. The molecule has 36 heavy (non-hydrogen) atoms. The van der Waals surface area contributed by atoms with E-state index in [-0.39, 0.29) is 36.8 Å². The van der Waals surface area contributed by atoms with Gasteiger partial charge in [-0.25, -0.2) is 0 Å². The van der Waals surface area contributed by atoms with E-state index in [1.807, 2.05) is 30.3 Å². The second-order valence-electron chi connectivity index (χ2n) is 9.37. The van der Waals surface area contributed by atoms with Crippen LogP contribution in [0.5, 0.6) is 23.0 Å². The van der Waals surface area contributed by atoms with Crippen molar-refractivity contribution in [2.24, 2.45) is 0 Å². The minimum Gasteiger partial charge on any atom is -0.508 e. The second-order valence-corrected chi connectivity index (χ2v) is 9.37. The van der Waals surface area contributed by atoms with Crippen LogP contribution >= 0.6 is 0 Å². The van der Waals surface area contributed by atoms with Gasteiger partial charge < -0.3 is 29.6 Å². The summed E-state index contributed by atoms with van der Waals surface area (Å²) >= 11 is 0. The maximum absolute atomic E-state index is 13.5. The quantitative estimate of drug-likeness (QED) is 0.344. The van der Waals surface area contributed by atoms with Gasteiger partial charge in [0.2, 0.25) is 12.7 Å². The molecule has 0 fully saturated rings. The number of carbonyl (C=O) groups excluding carboxylic acids is 1. The Balaban J connectivity index is 1.30. The fourth-order valence-corrected chi connectivity index (χ4v) is 5.47. The van der Waals surface area contributed by atoms with Crippen LogP contribution in [0.25, 0.3) is 10.9 Å². The number of aromatic amines is 1. The molecule has 3 aromatic carbocycles. The Morgan fingerprint density at radius 2 is 1.92 bits per heavy atom. The lowest BCUT2D eigenvalue weighted by molar-refractivity contribution is -0.122. The van der Waals surface area contributed by atoms with Crippen molar-refractivity contribution in [3.63, 3.8) is 0 Å². The molecule has 7 heteroatoms. The summed E-state index contributed by atoms with van der Waals surface area (Å²) in [4.78, 5) is 17.0. The molecule has 1 aromatic heterocycles. The number of methoxy groups -OCH3 is 1. The van der Waals surface area contributed by atoms with Gasteiger partial charge >= 0.3 is 0 Å². The molecule has 1 amide bonds. The maximum Gasteiger partial charge on any atom is 0.231 e. The lowest BCUT2D eigenvalue weighted by Crippen LogP contribution is -2.32. The number of hydrogen-bond donors (Lipinski definition) is 3. The molecule has 1 aliphatic carbocycles. The van der Waals surface area contributed by atoms with E-state index in [0.717, 1.165) is 41.8 Å². The van der Waals surface area contributed by atoms with E-state index >= 15 is 0 Å². The van der Waals surface area contributed by atoms with Gasteiger partial charge in [-0.05, 0) is 54.7 Å². The first-order chi connectivity index (χ1) is 17.6. The van der Waals surface area contributed by atoms with Gasteiger partial charge in [0.15, 0.2) is 11.5 Å². The number of H-pyrrole nitrogens is 1. The Bertz CT molecular complexity index is 1430. The number of hydrogen-bond acceptors (Lipinski definition) is 5. The average Bonchev–Trinajstić information content (AvgIpc) is 3.51. The molecule has 4 aromatic rings. The van der Waals surface area contributed by atoms with Crippen LogP contribution in [0.15, 0.2) is 60.7 Å². The number of fused-ring (bicyclic) bond motifs is 4. The van der Waals surface area contributed by atoms with Crippen molar-refractivity contribution < 1.29 is 24.1 Å². The molecular formula is C29H28N2O5. The van der Waals surface area contributed by atoms with Gasteiger partial charge in [0.1, 0.15) is 11.5 Å². The number of ether oxygens (including phenoxy) is 3. The van der Waals surface area contributed by atoms with Crippen molar-refractivity contribution in [1.82, 2.24) is 10.3 Å². The van der Waals surface area contributed by atoms with Crippen molar-refractivity contribution in [2.45, 2.75) is 37.6 Å². The van der Waals surface area contributed by atoms with Crippen LogP contribution in [-0.2, 0) is 11.2 Å². The second kappa shape index (κ2) is 9.15. The Kier molecular flexibility index (Phi) is 5.68. The van der Waals surface area contributed by atoms with E-state index in [2.05, 4.69) is 28.5 Å². The molecule has 1 aliphatic heterocycles. The normalized spacial score (nSPS) is 17.0. The van der Waals surface area contributed by atoms with E-state index in [1.54, 1.807) is 19.2 Å². The molecule has 2 atom stereocenters. The van der Waals surface area contributed by atoms with E-state index < -0.39 is 0 Å². The average molecular weight is 485 g/mol. The number of para-hydroxylation sites is 1. The van der Waals surface area contributed by atoms with Gasteiger partial charge in [-0.1, -0.05) is 30.3 Å². The number of amides is 1.